The summed E-state index contributed by atoms with van der Waals surface area (Å²) in [6, 6.07) is 0.0677. The van der Waals surface area contributed by atoms with Crippen molar-refractivity contribution in [3.05, 3.63) is 12.2 Å². The molecule has 4 nitrogen and oxygen atoms in total. The Morgan fingerprint density at radius 2 is 1.94 bits per heavy atom. The number of carbonyl (C=O) groups excluding carboxylic acids is 1. The fourth-order valence-corrected chi connectivity index (χ4v) is 1.08. The molecule has 0 fully saturated rings. The zero-order valence-electron chi connectivity index (χ0n) is 11.0. The molecule has 94 valence electrons. The van der Waals surface area contributed by atoms with E-state index in [9.17, 15) is 4.79 Å². The highest BCUT2D eigenvalue weighted by Gasteiger charge is 2.24. The molecule has 0 bridgehead atoms. The minimum Gasteiger partial charge on any atom is -0.444 e. The second-order valence-corrected chi connectivity index (χ2v) is 5.16. The summed E-state index contributed by atoms with van der Waals surface area (Å²) in [5.74, 6) is 0. The molecule has 0 atom stereocenters. The molecule has 0 aliphatic rings. The van der Waals surface area contributed by atoms with Crippen molar-refractivity contribution in [1.29, 1.82) is 0 Å². The fraction of sp³-hybridized carbons (Fsp3) is 0.750. The lowest BCUT2D eigenvalue weighted by molar-refractivity contribution is 0.0211. The molecule has 0 heterocycles. The molecule has 0 saturated carbocycles. The van der Waals surface area contributed by atoms with E-state index in [0.29, 0.717) is 13.1 Å². The van der Waals surface area contributed by atoms with Gasteiger partial charge in [0.2, 0.25) is 0 Å². The topological polar surface area (TPSA) is 55.6 Å². The number of hydrogen-bond donors (Lipinski definition) is 1. The Morgan fingerprint density at radius 3 is 2.25 bits per heavy atom. The number of ether oxygens (including phenoxy) is 1. The third-order valence-corrected chi connectivity index (χ3v) is 1.93. The Kier molecular flexibility index (Phi) is 5.51. The van der Waals surface area contributed by atoms with E-state index in [2.05, 4.69) is 6.58 Å². The summed E-state index contributed by atoms with van der Waals surface area (Å²) >= 11 is 0. The Balaban J connectivity index is 4.54. The van der Waals surface area contributed by atoms with Gasteiger partial charge in [0, 0.05) is 19.1 Å². The van der Waals surface area contributed by atoms with Crippen molar-refractivity contribution >= 4 is 6.09 Å². The average molecular weight is 228 g/mol. The Morgan fingerprint density at radius 1 is 1.44 bits per heavy atom. The third kappa shape index (κ3) is 5.75. The number of nitrogens with two attached hydrogens (primary N) is 1. The molecule has 0 aliphatic heterocycles. The summed E-state index contributed by atoms with van der Waals surface area (Å²) in [6.45, 7) is 14.0. The second-order valence-electron chi connectivity index (χ2n) is 5.16. The molecular weight excluding hydrogens is 204 g/mol. The number of carbonyl (C=O) groups is 1. The Hall–Kier alpha value is -1.03. The number of nitrogens with zero attached hydrogens (tertiary/aromatic N) is 1. The van der Waals surface area contributed by atoms with Crippen molar-refractivity contribution in [2.24, 2.45) is 5.73 Å². The minimum absolute atomic E-state index is 0.0677. The van der Waals surface area contributed by atoms with Gasteiger partial charge < -0.3 is 15.4 Å². The first-order valence-corrected chi connectivity index (χ1v) is 5.53. The summed E-state index contributed by atoms with van der Waals surface area (Å²) in [5, 5.41) is 0. The molecule has 16 heavy (non-hydrogen) atoms. The van der Waals surface area contributed by atoms with E-state index in [4.69, 9.17) is 10.5 Å². The van der Waals surface area contributed by atoms with Crippen LogP contribution in [-0.4, -0.2) is 35.7 Å². The van der Waals surface area contributed by atoms with E-state index in [1.807, 2.05) is 34.6 Å². The molecule has 0 aliphatic carbocycles. The van der Waals surface area contributed by atoms with Gasteiger partial charge in [-0.15, -0.1) is 0 Å². The van der Waals surface area contributed by atoms with E-state index in [-0.39, 0.29) is 12.1 Å². The van der Waals surface area contributed by atoms with Gasteiger partial charge in [0.15, 0.2) is 0 Å². The second kappa shape index (κ2) is 5.89. The number of amides is 1. The van der Waals surface area contributed by atoms with Gasteiger partial charge in [-0.3, -0.25) is 0 Å². The molecule has 0 aromatic heterocycles. The first-order valence-electron chi connectivity index (χ1n) is 5.53. The summed E-state index contributed by atoms with van der Waals surface area (Å²) in [7, 11) is 0. The van der Waals surface area contributed by atoms with Gasteiger partial charge in [-0.1, -0.05) is 6.58 Å². The average Bonchev–Trinajstić information content (AvgIpc) is 2.09. The van der Waals surface area contributed by atoms with Crippen LogP contribution in [0.4, 0.5) is 4.79 Å². The van der Waals surface area contributed by atoms with Crippen LogP contribution in [0.1, 0.15) is 34.6 Å². The van der Waals surface area contributed by atoms with Crippen LogP contribution in [0.2, 0.25) is 0 Å². The molecule has 0 unspecified atom stereocenters. The van der Waals surface area contributed by atoms with E-state index < -0.39 is 5.60 Å². The molecule has 0 saturated heterocycles. The van der Waals surface area contributed by atoms with Crippen LogP contribution >= 0.6 is 0 Å². The van der Waals surface area contributed by atoms with Crippen molar-refractivity contribution in [3.8, 4) is 0 Å². The maximum atomic E-state index is 11.9. The number of hydrogen-bond acceptors (Lipinski definition) is 3. The fourth-order valence-electron chi connectivity index (χ4n) is 1.08. The largest absolute Gasteiger partial charge is 0.444 e. The highest BCUT2D eigenvalue weighted by molar-refractivity contribution is 5.68. The molecular formula is C12H24N2O2. The monoisotopic (exact) mass is 228 g/mol. The van der Waals surface area contributed by atoms with Gasteiger partial charge in [-0.05, 0) is 40.2 Å². The molecule has 0 aromatic carbocycles. The summed E-state index contributed by atoms with van der Waals surface area (Å²) in [4.78, 5) is 13.5. The van der Waals surface area contributed by atoms with Gasteiger partial charge >= 0.3 is 6.09 Å². The smallest absolute Gasteiger partial charge is 0.410 e. The van der Waals surface area contributed by atoms with Gasteiger partial charge in [0.1, 0.15) is 5.60 Å². The SMILES string of the molecule is C=C(CN)CN(C(=O)OC(C)(C)C)C(C)C. The van der Waals surface area contributed by atoms with Gasteiger partial charge in [0.05, 0.1) is 0 Å². The van der Waals surface area contributed by atoms with Crippen LogP contribution in [0.25, 0.3) is 0 Å². The minimum atomic E-state index is -0.478. The van der Waals surface area contributed by atoms with E-state index in [1.54, 1.807) is 4.90 Å². The predicted molar refractivity (Wildman–Crippen MR) is 66.3 cm³/mol. The van der Waals surface area contributed by atoms with Gasteiger partial charge in [-0.25, -0.2) is 4.79 Å². The Bertz CT molecular complexity index is 254. The van der Waals surface area contributed by atoms with Crippen molar-refractivity contribution in [2.45, 2.75) is 46.3 Å². The van der Waals surface area contributed by atoms with Crippen molar-refractivity contribution in [3.63, 3.8) is 0 Å². The lowest BCUT2D eigenvalue weighted by atomic mass is 10.2. The highest BCUT2D eigenvalue weighted by Crippen LogP contribution is 2.12. The predicted octanol–water partition coefficient (Wildman–Crippen LogP) is 2.15. The maximum Gasteiger partial charge on any atom is 0.410 e. The van der Waals surface area contributed by atoms with Crippen LogP contribution < -0.4 is 5.73 Å². The summed E-state index contributed by atoms with van der Waals surface area (Å²) < 4.78 is 5.31. The van der Waals surface area contributed by atoms with Crippen LogP contribution in [0.5, 0.6) is 0 Å². The molecule has 4 heteroatoms. The van der Waals surface area contributed by atoms with Crippen molar-refractivity contribution < 1.29 is 9.53 Å². The lowest BCUT2D eigenvalue weighted by Gasteiger charge is -2.30. The highest BCUT2D eigenvalue weighted by atomic mass is 16.6. The zero-order chi connectivity index (χ0) is 12.9. The molecule has 0 spiro atoms. The molecule has 0 aromatic rings. The quantitative estimate of drug-likeness (QED) is 0.750. The van der Waals surface area contributed by atoms with Crippen molar-refractivity contribution in [1.82, 2.24) is 4.90 Å². The molecule has 0 rings (SSSR count). The molecule has 1 amide bonds. The van der Waals surface area contributed by atoms with Crippen molar-refractivity contribution in [2.75, 3.05) is 13.1 Å². The Labute approximate surface area is 98.4 Å². The van der Waals surface area contributed by atoms with Crippen LogP contribution in [0, 0.1) is 0 Å². The van der Waals surface area contributed by atoms with E-state index in [0.717, 1.165) is 5.57 Å². The van der Waals surface area contributed by atoms with Crippen LogP contribution in [0.15, 0.2) is 12.2 Å². The standard InChI is InChI=1S/C12H24N2O2/c1-9(2)14(8-10(3)7-13)11(15)16-12(4,5)6/h9H,3,7-8,13H2,1-2,4-6H3. The van der Waals surface area contributed by atoms with Gasteiger partial charge in [0.25, 0.3) is 0 Å². The lowest BCUT2D eigenvalue weighted by Crippen LogP contribution is -2.42. The van der Waals surface area contributed by atoms with Gasteiger partial charge in [-0.2, -0.15) is 0 Å². The van der Waals surface area contributed by atoms with E-state index in [1.165, 1.54) is 0 Å². The third-order valence-electron chi connectivity index (χ3n) is 1.93. The number of rotatable bonds is 4. The zero-order valence-corrected chi connectivity index (χ0v) is 11.0. The molecule has 2 N–H and O–H groups in total. The first-order chi connectivity index (χ1) is 7.17. The molecule has 0 radical (unpaired) electrons. The maximum absolute atomic E-state index is 11.9. The van der Waals surface area contributed by atoms with E-state index >= 15 is 0 Å². The summed E-state index contributed by atoms with van der Waals surface area (Å²) in [6.07, 6.45) is -0.322. The normalized spacial score (nSPS) is 11.4. The summed E-state index contributed by atoms with van der Waals surface area (Å²) in [5.41, 5.74) is 5.81. The van der Waals surface area contributed by atoms with Crippen LogP contribution in [-0.2, 0) is 4.74 Å². The van der Waals surface area contributed by atoms with Crippen LogP contribution in [0.3, 0.4) is 0 Å². The first kappa shape index (κ1) is 15.0.